The summed E-state index contributed by atoms with van der Waals surface area (Å²) in [7, 11) is 0. The number of hydrogen-bond donors (Lipinski definition) is 3. The number of nitrogens with zero attached hydrogens (tertiary/aromatic N) is 2. The number of phenols is 1. The molecule has 0 aliphatic heterocycles. The molecule has 0 radical (unpaired) electrons. The molecule has 5 rings (SSSR count). The number of aromatic hydroxyl groups is 1. The van der Waals surface area contributed by atoms with Gasteiger partial charge in [0.2, 0.25) is 0 Å². The van der Waals surface area contributed by atoms with Gasteiger partial charge < -0.3 is 15.1 Å². The van der Waals surface area contributed by atoms with Gasteiger partial charge >= 0.3 is 0 Å². The van der Waals surface area contributed by atoms with Crippen LogP contribution >= 0.6 is 0 Å². The summed E-state index contributed by atoms with van der Waals surface area (Å²) in [5.41, 5.74) is 5.89. The van der Waals surface area contributed by atoms with Gasteiger partial charge in [-0.25, -0.2) is 9.97 Å². The number of nitrogens with one attached hydrogen (secondary N) is 2. The minimum atomic E-state index is 0.281. The molecule has 0 saturated carbocycles. The molecule has 0 fully saturated rings. The third kappa shape index (κ3) is 3.04. The molecule has 0 aliphatic carbocycles. The Hall–Kier alpha value is -3.60. The van der Waals surface area contributed by atoms with E-state index in [9.17, 15) is 5.11 Å². The Morgan fingerprint density at radius 2 is 1.30 bits per heavy atom. The van der Waals surface area contributed by atoms with Crippen molar-refractivity contribution in [2.75, 3.05) is 0 Å². The predicted octanol–water partition coefficient (Wildman–Crippen LogP) is 4.33. The Morgan fingerprint density at radius 3 is 1.93 bits per heavy atom. The summed E-state index contributed by atoms with van der Waals surface area (Å²) in [5.74, 6) is 2.03. The van der Waals surface area contributed by atoms with Crippen LogP contribution < -0.4 is 0 Å². The molecule has 0 unspecified atom stereocenters. The smallest absolute Gasteiger partial charge is 0.119 e. The minimum absolute atomic E-state index is 0.281. The standard InChI is InChI=1S/C22H18N4O/c27-20-10-9-14(12-21-23-16-5-1-2-6-17(16)24-21)11-15(20)13-22-25-18-7-3-4-8-19(18)26-22/h1-11,27H,12-13H2,(H,23,24)(H,25,26). The van der Waals surface area contributed by atoms with Gasteiger partial charge in [-0.3, -0.25) is 0 Å². The van der Waals surface area contributed by atoms with Gasteiger partial charge in [0.1, 0.15) is 17.4 Å². The van der Waals surface area contributed by atoms with Crippen LogP contribution in [0.3, 0.4) is 0 Å². The van der Waals surface area contributed by atoms with E-state index in [1.807, 2.05) is 60.7 Å². The van der Waals surface area contributed by atoms with Gasteiger partial charge in [-0.1, -0.05) is 36.4 Å². The van der Waals surface area contributed by atoms with Gasteiger partial charge in [0.25, 0.3) is 0 Å². The zero-order valence-electron chi connectivity index (χ0n) is 14.6. The van der Waals surface area contributed by atoms with Crippen molar-refractivity contribution in [1.82, 2.24) is 19.9 Å². The second kappa shape index (κ2) is 6.29. The largest absolute Gasteiger partial charge is 0.508 e. The summed E-state index contributed by atoms with van der Waals surface area (Å²) in [6.45, 7) is 0. The summed E-state index contributed by atoms with van der Waals surface area (Å²) in [6.07, 6.45) is 1.23. The fourth-order valence-corrected chi connectivity index (χ4v) is 3.44. The molecule has 2 heterocycles. The van der Waals surface area contributed by atoms with E-state index in [0.29, 0.717) is 12.8 Å². The molecular formula is C22H18N4O. The highest BCUT2D eigenvalue weighted by molar-refractivity contribution is 5.75. The topological polar surface area (TPSA) is 77.6 Å². The normalized spacial score (nSPS) is 11.4. The minimum Gasteiger partial charge on any atom is -0.508 e. The van der Waals surface area contributed by atoms with Crippen molar-refractivity contribution in [3.63, 3.8) is 0 Å². The summed E-state index contributed by atoms with van der Waals surface area (Å²) < 4.78 is 0. The first-order valence-corrected chi connectivity index (χ1v) is 8.92. The molecule has 3 aromatic carbocycles. The van der Waals surface area contributed by atoms with Crippen LogP contribution in [-0.2, 0) is 12.8 Å². The summed E-state index contributed by atoms with van der Waals surface area (Å²) >= 11 is 0. The molecular weight excluding hydrogens is 336 g/mol. The molecule has 5 heteroatoms. The highest BCUT2D eigenvalue weighted by Crippen LogP contribution is 2.23. The van der Waals surface area contributed by atoms with E-state index in [0.717, 1.165) is 44.8 Å². The zero-order valence-corrected chi connectivity index (χ0v) is 14.6. The molecule has 0 saturated heterocycles. The summed E-state index contributed by atoms with van der Waals surface area (Å²) in [6, 6.07) is 21.6. The van der Waals surface area contributed by atoms with Crippen LogP contribution in [0.1, 0.15) is 22.8 Å². The van der Waals surface area contributed by atoms with Crippen LogP contribution in [-0.4, -0.2) is 25.0 Å². The Morgan fingerprint density at radius 1 is 0.704 bits per heavy atom. The number of aromatic amines is 2. The van der Waals surface area contributed by atoms with E-state index in [2.05, 4.69) is 19.9 Å². The second-order valence-corrected chi connectivity index (χ2v) is 6.72. The second-order valence-electron chi connectivity index (χ2n) is 6.72. The molecule has 27 heavy (non-hydrogen) atoms. The van der Waals surface area contributed by atoms with Crippen molar-refractivity contribution in [3.05, 3.63) is 89.5 Å². The lowest BCUT2D eigenvalue weighted by molar-refractivity contribution is 0.469. The lowest BCUT2D eigenvalue weighted by Crippen LogP contribution is -1.96. The van der Waals surface area contributed by atoms with E-state index < -0.39 is 0 Å². The Bertz CT molecular complexity index is 1190. The van der Waals surface area contributed by atoms with Crippen molar-refractivity contribution in [2.45, 2.75) is 12.8 Å². The van der Waals surface area contributed by atoms with E-state index in [4.69, 9.17) is 0 Å². The highest BCUT2D eigenvalue weighted by atomic mass is 16.3. The maximum atomic E-state index is 10.3. The van der Waals surface area contributed by atoms with Crippen molar-refractivity contribution in [2.24, 2.45) is 0 Å². The highest BCUT2D eigenvalue weighted by Gasteiger charge is 2.10. The third-order valence-electron chi connectivity index (χ3n) is 4.75. The van der Waals surface area contributed by atoms with E-state index >= 15 is 0 Å². The van der Waals surface area contributed by atoms with Crippen molar-refractivity contribution < 1.29 is 5.11 Å². The summed E-state index contributed by atoms with van der Waals surface area (Å²) in [5, 5.41) is 10.3. The van der Waals surface area contributed by atoms with E-state index in [1.54, 1.807) is 6.07 Å². The molecule has 0 atom stereocenters. The number of hydrogen-bond acceptors (Lipinski definition) is 3. The van der Waals surface area contributed by atoms with Crippen LogP contribution in [0.15, 0.2) is 66.7 Å². The van der Waals surface area contributed by atoms with E-state index in [-0.39, 0.29) is 5.75 Å². The maximum absolute atomic E-state index is 10.3. The van der Waals surface area contributed by atoms with Crippen molar-refractivity contribution >= 4 is 22.1 Å². The van der Waals surface area contributed by atoms with Crippen LogP contribution in [0.4, 0.5) is 0 Å². The zero-order chi connectivity index (χ0) is 18.2. The number of para-hydroxylation sites is 4. The molecule has 5 nitrogen and oxygen atoms in total. The van der Waals surface area contributed by atoms with Gasteiger partial charge in [0.15, 0.2) is 0 Å². The van der Waals surface area contributed by atoms with Gasteiger partial charge in [-0.2, -0.15) is 0 Å². The lowest BCUT2D eigenvalue weighted by Gasteiger charge is -2.06. The van der Waals surface area contributed by atoms with Crippen LogP contribution in [0, 0.1) is 0 Å². The Balaban J connectivity index is 1.43. The lowest BCUT2D eigenvalue weighted by atomic mass is 10.0. The van der Waals surface area contributed by atoms with Gasteiger partial charge in [0, 0.05) is 18.4 Å². The van der Waals surface area contributed by atoms with Crippen LogP contribution in [0.25, 0.3) is 22.1 Å². The third-order valence-corrected chi connectivity index (χ3v) is 4.75. The molecule has 5 aromatic rings. The van der Waals surface area contributed by atoms with Crippen LogP contribution in [0.5, 0.6) is 5.75 Å². The fourth-order valence-electron chi connectivity index (χ4n) is 3.44. The van der Waals surface area contributed by atoms with E-state index in [1.165, 1.54) is 0 Å². The average molecular weight is 354 g/mol. The van der Waals surface area contributed by atoms with Gasteiger partial charge in [0.05, 0.1) is 22.1 Å². The summed E-state index contributed by atoms with van der Waals surface area (Å²) in [4.78, 5) is 15.9. The molecule has 0 spiro atoms. The quantitative estimate of drug-likeness (QED) is 0.450. The average Bonchev–Trinajstić information content (AvgIpc) is 3.27. The number of H-pyrrole nitrogens is 2. The molecule has 2 aromatic heterocycles. The molecule has 3 N–H and O–H groups in total. The number of imidazole rings is 2. The maximum Gasteiger partial charge on any atom is 0.119 e. The predicted molar refractivity (Wildman–Crippen MR) is 106 cm³/mol. The number of aromatic nitrogens is 4. The van der Waals surface area contributed by atoms with Crippen molar-refractivity contribution in [3.8, 4) is 5.75 Å². The SMILES string of the molecule is Oc1ccc(Cc2nc3ccccc3[nH]2)cc1Cc1nc2ccccc2[nH]1. The molecule has 0 bridgehead atoms. The fraction of sp³-hybridized carbons (Fsp3) is 0.0909. The first kappa shape index (κ1) is 15.6. The van der Waals surface area contributed by atoms with Crippen LogP contribution in [0.2, 0.25) is 0 Å². The number of fused-ring (bicyclic) bond motifs is 2. The number of benzene rings is 3. The molecule has 132 valence electrons. The van der Waals surface area contributed by atoms with Gasteiger partial charge in [-0.05, 0) is 35.9 Å². The first-order chi connectivity index (χ1) is 13.2. The Kier molecular flexibility index (Phi) is 3.64. The number of rotatable bonds is 4. The van der Waals surface area contributed by atoms with Gasteiger partial charge in [-0.15, -0.1) is 0 Å². The number of phenolic OH excluding ortho intramolecular Hbond substituents is 1. The first-order valence-electron chi connectivity index (χ1n) is 8.92. The molecule has 0 aliphatic rings. The Labute approximate surface area is 155 Å². The van der Waals surface area contributed by atoms with Crippen molar-refractivity contribution in [1.29, 1.82) is 0 Å². The molecule has 0 amide bonds. The monoisotopic (exact) mass is 354 g/mol.